The highest BCUT2D eigenvalue weighted by Crippen LogP contribution is 2.16. The molecule has 0 fully saturated rings. The third-order valence-electron chi connectivity index (χ3n) is 2.59. The van der Waals surface area contributed by atoms with E-state index in [1.165, 1.54) is 31.2 Å². The van der Waals surface area contributed by atoms with Crippen molar-refractivity contribution in [2.75, 3.05) is 13.1 Å². The van der Waals surface area contributed by atoms with Crippen LogP contribution >= 0.6 is 0 Å². The zero-order valence-corrected chi connectivity index (χ0v) is 11.6. The molecule has 1 atom stereocenters. The third-order valence-corrected chi connectivity index (χ3v) is 4.42. The van der Waals surface area contributed by atoms with E-state index in [4.69, 9.17) is 10.2 Å². The Bertz CT molecular complexity index is 583. The number of carbonyl (C=O) groups is 2. The van der Waals surface area contributed by atoms with Crippen molar-refractivity contribution < 1.29 is 28.2 Å². The molecule has 20 heavy (non-hydrogen) atoms. The molecule has 0 spiro atoms. The van der Waals surface area contributed by atoms with Crippen LogP contribution in [0, 0.1) is 5.92 Å². The van der Waals surface area contributed by atoms with Crippen LogP contribution in [0.4, 0.5) is 0 Å². The van der Waals surface area contributed by atoms with Crippen molar-refractivity contribution in [2.45, 2.75) is 11.8 Å². The molecule has 7 nitrogen and oxygen atoms in total. The van der Waals surface area contributed by atoms with Crippen LogP contribution in [-0.4, -0.2) is 48.0 Å². The first-order chi connectivity index (χ1) is 9.25. The molecule has 0 aliphatic rings. The molecule has 110 valence electrons. The fourth-order valence-corrected chi connectivity index (χ4v) is 3.02. The minimum atomic E-state index is -4.04. The zero-order valence-electron chi connectivity index (χ0n) is 10.8. The van der Waals surface area contributed by atoms with E-state index in [1.54, 1.807) is 6.07 Å². The molecule has 1 unspecified atom stereocenters. The van der Waals surface area contributed by atoms with Gasteiger partial charge in [-0.05, 0) is 12.1 Å². The Hall–Kier alpha value is -1.93. The fourth-order valence-electron chi connectivity index (χ4n) is 1.52. The molecule has 1 rings (SSSR count). The van der Waals surface area contributed by atoms with Gasteiger partial charge in [0.25, 0.3) is 0 Å². The number of nitrogens with zero attached hydrogens (tertiary/aromatic N) is 1. The maximum Gasteiger partial charge on any atom is 0.318 e. The lowest BCUT2D eigenvalue weighted by atomic mass is 10.2. The molecule has 0 aliphatic carbocycles. The molecule has 0 heterocycles. The average molecular weight is 301 g/mol. The molecule has 1 aromatic rings. The van der Waals surface area contributed by atoms with Crippen LogP contribution in [0.15, 0.2) is 35.2 Å². The maximum absolute atomic E-state index is 12.3. The van der Waals surface area contributed by atoms with E-state index in [2.05, 4.69) is 0 Å². The molecular formula is C12H15NO6S. The van der Waals surface area contributed by atoms with Gasteiger partial charge >= 0.3 is 11.9 Å². The SMILES string of the molecule is CC(CN(CC(=O)O)S(=O)(=O)c1ccccc1)C(=O)O. The van der Waals surface area contributed by atoms with Gasteiger partial charge < -0.3 is 10.2 Å². The summed E-state index contributed by atoms with van der Waals surface area (Å²) in [7, 11) is -4.04. The molecule has 0 bridgehead atoms. The normalized spacial score (nSPS) is 13.1. The van der Waals surface area contributed by atoms with Gasteiger partial charge in [0.1, 0.15) is 6.54 Å². The largest absolute Gasteiger partial charge is 0.481 e. The summed E-state index contributed by atoms with van der Waals surface area (Å²) in [6.07, 6.45) is 0. The fraction of sp³-hybridized carbons (Fsp3) is 0.333. The summed E-state index contributed by atoms with van der Waals surface area (Å²) < 4.78 is 25.2. The Morgan fingerprint density at radius 3 is 2.20 bits per heavy atom. The first kappa shape index (κ1) is 16.1. The second kappa shape index (κ2) is 6.49. The summed E-state index contributed by atoms with van der Waals surface area (Å²) in [5.74, 6) is -3.54. The second-order valence-corrected chi connectivity index (χ2v) is 6.18. The van der Waals surface area contributed by atoms with Crippen molar-refractivity contribution >= 4 is 22.0 Å². The van der Waals surface area contributed by atoms with Crippen LogP contribution < -0.4 is 0 Å². The van der Waals surface area contributed by atoms with Gasteiger partial charge in [0.05, 0.1) is 10.8 Å². The maximum atomic E-state index is 12.3. The van der Waals surface area contributed by atoms with Crippen molar-refractivity contribution in [3.05, 3.63) is 30.3 Å². The average Bonchev–Trinajstić information content (AvgIpc) is 2.38. The van der Waals surface area contributed by atoms with Gasteiger partial charge in [-0.2, -0.15) is 4.31 Å². The monoisotopic (exact) mass is 301 g/mol. The van der Waals surface area contributed by atoms with E-state index in [-0.39, 0.29) is 4.90 Å². The molecule has 2 N–H and O–H groups in total. The Morgan fingerprint density at radius 1 is 1.20 bits per heavy atom. The van der Waals surface area contributed by atoms with Gasteiger partial charge in [0, 0.05) is 6.54 Å². The smallest absolute Gasteiger partial charge is 0.318 e. The van der Waals surface area contributed by atoms with Crippen molar-refractivity contribution in [3.8, 4) is 0 Å². The minimum absolute atomic E-state index is 0.0705. The molecule has 8 heteroatoms. The van der Waals surface area contributed by atoms with Crippen LogP contribution in [-0.2, 0) is 19.6 Å². The van der Waals surface area contributed by atoms with E-state index >= 15 is 0 Å². The summed E-state index contributed by atoms with van der Waals surface area (Å²) >= 11 is 0. The second-order valence-electron chi connectivity index (χ2n) is 4.24. The Balaban J connectivity index is 3.10. The third kappa shape index (κ3) is 4.04. The standard InChI is InChI=1S/C12H15NO6S/c1-9(12(16)17)7-13(8-11(14)15)20(18,19)10-5-3-2-4-6-10/h2-6,9H,7-8H2,1H3,(H,14,15)(H,16,17). The van der Waals surface area contributed by atoms with E-state index in [0.717, 1.165) is 0 Å². The van der Waals surface area contributed by atoms with E-state index < -0.39 is 41.0 Å². The van der Waals surface area contributed by atoms with Gasteiger partial charge in [0.2, 0.25) is 10.0 Å². The molecule has 0 aliphatic heterocycles. The van der Waals surface area contributed by atoms with Crippen LogP contribution in [0.1, 0.15) is 6.92 Å². The number of benzene rings is 1. The number of rotatable bonds is 7. The zero-order chi connectivity index (χ0) is 15.3. The first-order valence-corrected chi connectivity index (χ1v) is 7.19. The molecule has 0 saturated carbocycles. The van der Waals surface area contributed by atoms with E-state index in [1.807, 2.05) is 0 Å². The van der Waals surface area contributed by atoms with Crippen LogP contribution in [0.5, 0.6) is 0 Å². The summed E-state index contributed by atoms with van der Waals surface area (Å²) in [6, 6.07) is 7.30. The predicted octanol–water partition coefficient (Wildman–Crippen LogP) is 0.483. The van der Waals surface area contributed by atoms with Crippen molar-refractivity contribution in [1.82, 2.24) is 4.31 Å². The summed E-state index contributed by atoms with van der Waals surface area (Å²) in [5, 5.41) is 17.6. The highest BCUT2D eigenvalue weighted by Gasteiger charge is 2.29. The lowest BCUT2D eigenvalue weighted by molar-refractivity contribution is -0.143. The van der Waals surface area contributed by atoms with E-state index in [9.17, 15) is 18.0 Å². The summed E-state index contributed by atoms with van der Waals surface area (Å²) in [6.45, 7) is 0.130. The molecule has 1 aromatic carbocycles. The molecule has 0 amide bonds. The molecule has 0 aromatic heterocycles. The number of carboxylic acid groups (broad SMARTS) is 2. The highest BCUT2D eigenvalue weighted by molar-refractivity contribution is 7.89. The Labute approximate surface area is 116 Å². The number of sulfonamides is 1. The summed E-state index contributed by atoms with van der Waals surface area (Å²) in [5.41, 5.74) is 0. The predicted molar refractivity (Wildman–Crippen MR) is 69.6 cm³/mol. The Kier molecular flexibility index (Phi) is 5.23. The topological polar surface area (TPSA) is 112 Å². The van der Waals surface area contributed by atoms with Gasteiger partial charge in [-0.1, -0.05) is 25.1 Å². The highest BCUT2D eigenvalue weighted by atomic mass is 32.2. The van der Waals surface area contributed by atoms with Crippen LogP contribution in [0.3, 0.4) is 0 Å². The van der Waals surface area contributed by atoms with Gasteiger partial charge in [0.15, 0.2) is 0 Å². The van der Waals surface area contributed by atoms with Gasteiger partial charge in [-0.15, -0.1) is 0 Å². The number of aliphatic carboxylic acids is 2. The minimum Gasteiger partial charge on any atom is -0.481 e. The van der Waals surface area contributed by atoms with E-state index in [0.29, 0.717) is 4.31 Å². The van der Waals surface area contributed by atoms with Crippen molar-refractivity contribution in [3.63, 3.8) is 0 Å². The quantitative estimate of drug-likeness (QED) is 0.757. The van der Waals surface area contributed by atoms with Gasteiger partial charge in [-0.3, -0.25) is 9.59 Å². The van der Waals surface area contributed by atoms with Crippen LogP contribution in [0.2, 0.25) is 0 Å². The molecule has 0 radical (unpaired) electrons. The molecule has 0 saturated heterocycles. The number of hydrogen-bond donors (Lipinski definition) is 2. The van der Waals surface area contributed by atoms with Gasteiger partial charge in [-0.25, -0.2) is 8.42 Å². The lowest BCUT2D eigenvalue weighted by Crippen LogP contribution is -2.40. The number of carboxylic acids is 2. The summed E-state index contributed by atoms with van der Waals surface area (Å²) in [4.78, 5) is 21.5. The van der Waals surface area contributed by atoms with Crippen molar-refractivity contribution in [2.24, 2.45) is 5.92 Å². The van der Waals surface area contributed by atoms with Crippen LogP contribution in [0.25, 0.3) is 0 Å². The lowest BCUT2D eigenvalue weighted by Gasteiger charge is -2.22. The Morgan fingerprint density at radius 2 is 1.75 bits per heavy atom. The first-order valence-electron chi connectivity index (χ1n) is 5.75. The molecular weight excluding hydrogens is 286 g/mol. The van der Waals surface area contributed by atoms with Crippen molar-refractivity contribution in [1.29, 1.82) is 0 Å². The number of hydrogen-bond acceptors (Lipinski definition) is 4.